The Labute approximate surface area is 86.9 Å². The molecule has 0 radical (unpaired) electrons. The zero-order valence-corrected chi connectivity index (χ0v) is 8.37. The van der Waals surface area contributed by atoms with Crippen LogP contribution in [0.3, 0.4) is 0 Å². The lowest BCUT2D eigenvalue weighted by Crippen LogP contribution is -2.07. The van der Waals surface area contributed by atoms with Gasteiger partial charge in [0.2, 0.25) is 0 Å². The lowest BCUT2D eigenvalue weighted by Gasteiger charge is -2.07. The molecular formula is C11H12F2O2. The second-order valence-electron chi connectivity index (χ2n) is 3.03. The number of alkyl halides is 1. The van der Waals surface area contributed by atoms with Crippen LogP contribution in [0.1, 0.15) is 25.1 Å². The van der Waals surface area contributed by atoms with E-state index >= 15 is 0 Å². The van der Waals surface area contributed by atoms with Crippen molar-refractivity contribution in [1.29, 1.82) is 0 Å². The molecule has 0 spiro atoms. The highest BCUT2D eigenvalue weighted by molar-refractivity contribution is 5.70. The quantitative estimate of drug-likeness (QED) is 0.720. The van der Waals surface area contributed by atoms with Crippen molar-refractivity contribution < 1.29 is 18.3 Å². The van der Waals surface area contributed by atoms with E-state index in [4.69, 9.17) is 0 Å². The fourth-order valence-corrected chi connectivity index (χ4v) is 1.16. The molecule has 0 aliphatic heterocycles. The largest absolute Gasteiger partial charge is 0.466 e. The lowest BCUT2D eigenvalue weighted by molar-refractivity contribution is -0.144. The predicted octanol–water partition coefficient (Wildman–Crippen LogP) is 2.79. The summed E-state index contributed by atoms with van der Waals surface area (Å²) in [6, 6.07) is 4.96. The molecule has 4 heteroatoms. The van der Waals surface area contributed by atoms with Crippen LogP contribution in [0.2, 0.25) is 0 Å². The summed E-state index contributed by atoms with van der Waals surface area (Å²) in [6.45, 7) is 1.89. The van der Waals surface area contributed by atoms with Crippen LogP contribution < -0.4 is 0 Å². The zero-order chi connectivity index (χ0) is 11.3. The monoisotopic (exact) mass is 214 g/mol. The fourth-order valence-electron chi connectivity index (χ4n) is 1.16. The Bertz CT molecular complexity index is 322. The molecule has 0 fully saturated rings. The van der Waals surface area contributed by atoms with Crippen LogP contribution in [0.4, 0.5) is 8.78 Å². The Hall–Kier alpha value is -1.45. The minimum atomic E-state index is -1.44. The van der Waals surface area contributed by atoms with E-state index in [9.17, 15) is 13.6 Å². The van der Waals surface area contributed by atoms with Gasteiger partial charge in [-0.1, -0.05) is 12.1 Å². The molecule has 0 heterocycles. The maximum Gasteiger partial charge on any atom is 0.309 e. The average Bonchev–Trinajstić information content (AvgIpc) is 2.18. The third kappa shape index (κ3) is 3.65. The van der Waals surface area contributed by atoms with E-state index in [1.165, 1.54) is 12.1 Å². The molecule has 82 valence electrons. The summed E-state index contributed by atoms with van der Waals surface area (Å²) >= 11 is 0. The second kappa shape index (κ2) is 5.44. The molecule has 2 nitrogen and oxygen atoms in total. The van der Waals surface area contributed by atoms with Crippen LogP contribution >= 0.6 is 0 Å². The minimum absolute atomic E-state index is 0.231. The Kier molecular flexibility index (Phi) is 4.21. The van der Waals surface area contributed by atoms with Gasteiger partial charge in [-0.15, -0.1) is 0 Å². The molecule has 1 aromatic carbocycles. The molecule has 15 heavy (non-hydrogen) atoms. The van der Waals surface area contributed by atoms with E-state index in [2.05, 4.69) is 4.74 Å². The molecule has 0 aromatic heterocycles. The molecule has 0 aliphatic rings. The Balaban J connectivity index is 2.57. The first-order chi connectivity index (χ1) is 7.13. The molecule has 0 bridgehead atoms. The van der Waals surface area contributed by atoms with Crippen LogP contribution in [0.15, 0.2) is 24.3 Å². The topological polar surface area (TPSA) is 26.3 Å². The molecule has 1 atom stereocenters. The zero-order valence-electron chi connectivity index (χ0n) is 8.37. The smallest absolute Gasteiger partial charge is 0.309 e. The summed E-state index contributed by atoms with van der Waals surface area (Å²) < 4.78 is 30.5. The number of ether oxygens (including phenoxy) is 1. The number of benzene rings is 1. The third-order valence-electron chi connectivity index (χ3n) is 1.88. The van der Waals surface area contributed by atoms with Gasteiger partial charge in [-0.3, -0.25) is 4.79 Å². The van der Waals surface area contributed by atoms with E-state index in [0.29, 0.717) is 0 Å². The Morgan fingerprint density at radius 2 is 2.00 bits per heavy atom. The SMILES string of the molecule is CCOC(=O)CC(F)c1ccc(F)cc1. The highest BCUT2D eigenvalue weighted by Crippen LogP contribution is 2.21. The van der Waals surface area contributed by atoms with Crippen LogP contribution in [-0.2, 0) is 9.53 Å². The molecule has 0 saturated carbocycles. The van der Waals surface area contributed by atoms with Gasteiger partial charge in [0.05, 0.1) is 13.0 Å². The van der Waals surface area contributed by atoms with Crippen LogP contribution in [0.5, 0.6) is 0 Å². The van der Waals surface area contributed by atoms with E-state index in [0.717, 1.165) is 12.1 Å². The summed E-state index contributed by atoms with van der Waals surface area (Å²) in [4.78, 5) is 11.0. The van der Waals surface area contributed by atoms with Gasteiger partial charge in [0.15, 0.2) is 0 Å². The van der Waals surface area contributed by atoms with Crippen molar-refractivity contribution in [2.45, 2.75) is 19.5 Å². The standard InChI is InChI=1S/C11H12F2O2/c1-2-15-11(14)7-10(13)8-3-5-9(12)6-4-8/h3-6,10H,2,7H2,1H3. The van der Waals surface area contributed by atoms with Crippen LogP contribution in [-0.4, -0.2) is 12.6 Å². The van der Waals surface area contributed by atoms with Gasteiger partial charge in [0, 0.05) is 0 Å². The summed E-state index contributed by atoms with van der Waals surface area (Å²) in [5, 5.41) is 0. The van der Waals surface area contributed by atoms with Crippen molar-refractivity contribution in [3.8, 4) is 0 Å². The second-order valence-corrected chi connectivity index (χ2v) is 3.03. The van der Waals surface area contributed by atoms with Gasteiger partial charge in [-0.05, 0) is 24.6 Å². The number of hydrogen-bond donors (Lipinski definition) is 0. The Morgan fingerprint density at radius 1 is 1.40 bits per heavy atom. The maximum atomic E-state index is 13.4. The van der Waals surface area contributed by atoms with Gasteiger partial charge in [0.25, 0.3) is 0 Å². The number of halogens is 2. The molecule has 1 aromatic rings. The average molecular weight is 214 g/mol. The van der Waals surface area contributed by atoms with Gasteiger partial charge < -0.3 is 4.74 Å². The van der Waals surface area contributed by atoms with Crippen molar-refractivity contribution >= 4 is 5.97 Å². The number of carbonyl (C=O) groups excluding carboxylic acids is 1. The van der Waals surface area contributed by atoms with Crippen molar-refractivity contribution in [3.63, 3.8) is 0 Å². The molecular weight excluding hydrogens is 202 g/mol. The highest BCUT2D eigenvalue weighted by atomic mass is 19.1. The van der Waals surface area contributed by atoms with E-state index in [1.54, 1.807) is 6.92 Å². The van der Waals surface area contributed by atoms with Gasteiger partial charge in [0.1, 0.15) is 12.0 Å². The molecule has 0 amide bonds. The van der Waals surface area contributed by atoms with Gasteiger partial charge in [-0.2, -0.15) is 0 Å². The van der Waals surface area contributed by atoms with Crippen molar-refractivity contribution in [2.75, 3.05) is 6.61 Å². The predicted molar refractivity (Wildman–Crippen MR) is 51.5 cm³/mol. The van der Waals surface area contributed by atoms with Crippen LogP contribution in [0, 0.1) is 5.82 Å². The summed E-state index contributed by atoms with van der Waals surface area (Å²) in [5.41, 5.74) is 0.282. The normalized spacial score (nSPS) is 12.2. The maximum absolute atomic E-state index is 13.4. The molecule has 0 aliphatic carbocycles. The van der Waals surface area contributed by atoms with Crippen molar-refractivity contribution in [2.24, 2.45) is 0 Å². The fraction of sp³-hybridized carbons (Fsp3) is 0.364. The van der Waals surface area contributed by atoms with E-state index in [-0.39, 0.29) is 18.6 Å². The molecule has 1 unspecified atom stereocenters. The van der Waals surface area contributed by atoms with E-state index in [1.807, 2.05) is 0 Å². The molecule has 1 rings (SSSR count). The summed E-state index contributed by atoms with van der Waals surface area (Å²) in [5.74, 6) is -1.02. The molecule has 0 N–H and O–H groups in total. The Morgan fingerprint density at radius 3 is 2.53 bits per heavy atom. The van der Waals surface area contributed by atoms with Crippen molar-refractivity contribution in [3.05, 3.63) is 35.6 Å². The number of rotatable bonds is 4. The number of hydrogen-bond acceptors (Lipinski definition) is 2. The number of carbonyl (C=O) groups is 1. The van der Waals surface area contributed by atoms with Crippen LogP contribution in [0.25, 0.3) is 0 Å². The first-order valence-electron chi connectivity index (χ1n) is 4.68. The molecule has 0 saturated heterocycles. The summed E-state index contributed by atoms with van der Waals surface area (Å²) in [6.07, 6.45) is -1.77. The first-order valence-corrected chi connectivity index (χ1v) is 4.68. The van der Waals surface area contributed by atoms with Gasteiger partial charge in [-0.25, -0.2) is 8.78 Å². The number of esters is 1. The van der Waals surface area contributed by atoms with Gasteiger partial charge >= 0.3 is 5.97 Å². The third-order valence-corrected chi connectivity index (χ3v) is 1.88. The minimum Gasteiger partial charge on any atom is -0.466 e. The van der Waals surface area contributed by atoms with E-state index < -0.39 is 18.0 Å². The van der Waals surface area contributed by atoms with Crippen molar-refractivity contribution in [1.82, 2.24) is 0 Å². The summed E-state index contributed by atoms with van der Waals surface area (Å²) in [7, 11) is 0. The lowest BCUT2D eigenvalue weighted by atomic mass is 10.1. The first kappa shape index (κ1) is 11.6. The highest BCUT2D eigenvalue weighted by Gasteiger charge is 2.15.